The number of amides is 1. The maximum Gasteiger partial charge on any atom is 0.374 e. The van der Waals surface area contributed by atoms with Gasteiger partial charge in [0, 0.05) is 18.8 Å². The summed E-state index contributed by atoms with van der Waals surface area (Å²) in [6.45, 7) is 1.88. The molecule has 0 aliphatic heterocycles. The van der Waals surface area contributed by atoms with Crippen LogP contribution in [0.5, 0.6) is 0 Å². The zero-order valence-corrected chi connectivity index (χ0v) is 10.5. The van der Waals surface area contributed by atoms with E-state index in [1.54, 1.807) is 13.1 Å². The molecular weight excluding hydrogens is 248 g/mol. The first-order valence-corrected chi connectivity index (χ1v) is 5.54. The molecule has 6 heteroatoms. The van der Waals surface area contributed by atoms with Crippen LogP contribution >= 0.6 is 0 Å². The number of aromatic carboxylic acids is 1. The van der Waals surface area contributed by atoms with Gasteiger partial charge in [-0.25, -0.2) is 4.79 Å². The van der Waals surface area contributed by atoms with Gasteiger partial charge in [-0.1, -0.05) is 23.4 Å². The number of benzene rings is 1. The summed E-state index contributed by atoms with van der Waals surface area (Å²) in [5, 5.41) is 12.2. The van der Waals surface area contributed by atoms with E-state index in [0.29, 0.717) is 0 Å². The molecule has 0 radical (unpaired) electrons. The van der Waals surface area contributed by atoms with Gasteiger partial charge < -0.3 is 14.5 Å². The van der Waals surface area contributed by atoms with Gasteiger partial charge in [-0.3, -0.25) is 4.79 Å². The Morgan fingerprint density at radius 1 is 1.32 bits per heavy atom. The van der Waals surface area contributed by atoms with Crippen molar-refractivity contribution in [3.63, 3.8) is 0 Å². The van der Waals surface area contributed by atoms with Crippen molar-refractivity contribution in [1.29, 1.82) is 0 Å². The summed E-state index contributed by atoms with van der Waals surface area (Å²) in [5.41, 5.74) is 1.62. The van der Waals surface area contributed by atoms with Gasteiger partial charge >= 0.3 is 5.97 Å². The highest BCUT2D eigenvalue weighted by atomic mass is 16.5. The SMILES string of the molecule is Cc1ccccc1N(C)C(=O)c1cc(C(=O)O)on1. The Hall–Kier alpha value is -2.63. The minimum atomic E-state index is -1.26. The number of aromatic nitrogens is 1. The second kappa shape index (κ2) is 4.93. The van der Waals surface area contributed by atoms with E-state index in [1.807, 2.05) is 25.1 Å². The molecule has 2 aromatic rings. The van der Waals surface area contributed by atoms with Crippen LogP contribution in [0.2, 0.25) is 0 Å². The third-order valence-corrected chi connectivity index (χ3v) is 2.72. The van der Waals surface area contributed by atoms with Crippen molar-refractivity contribution in [3.8, 4) is 0 Å². The van der Waals surface area contributed by atoms with E-state index in [0.717, 1.165) is 17.3 Å². The van der Waals surface area contributed by atoms with Gasteiger partial charge in [0.05, 0.1) is 0 Å². The Labute approximate surface area is 109 Å². The van der Waals surface area contributed by atoms with Crippen molar-refractivity contribution in [1.82, 2.24) is 5.16 Å². The zero-order chi connectivity index (χ0) is 14.0. The molecule has 0 unspecified atom stereocenters. The summed E-state index contributed by atoms with van der Waals surface area (Å²) in [5.74, 6) is -2.04. The molecule has 1 heterocycles. The van der Waals surface area contributed by atoms with E-state index in [4.69, 9.17) is 5.11 Å². The monoisotopic (exact) mass is 260 g/mol. The number of rotatable bonds is 3. The van der Waals surface area contributed by atoms with Crippen molar-refractivity contribution in [2.24, 2.45) is 0 Å². The van der Waals surface area contributed by atoms with Gasteiger partial charge in [0.25, 0.3) is 5.91 Å². The molecule has 1 aromatic carbocycles. The van der Waals surface area contributed by atoms with Crippen molar-refractivity contribution < 1.29 is 19.2 Å². The summed E-state index contributed by atoms with van der Waals surface area (Å²) >= 11 is 0. The number of carboxylic acids is 1. The lowest BCUT2D eigenvalue weighted by Gasteiger charge is -2.17. The first kappa shape index (κ1) is 12.8. The summed E-state index contributed by atoms with van der Waals surface area (Å²) in [4.78, 5) is 24.2. The Bertz CT molecular complexity index is 633. The summed E-state index contributed by atoms with van der Waals surface area (Å²) in [7, 11) is 1.60. The molecule has 0 bridgehead atoms. The van der Waals surface area contributed by atoms with Gasteiger partial charge in [0.1, 0.15) is 0 Å². The highest BCUT2D eigenvalue weighted by molar-refractivity contribution is 6.05. The minimum absolute atomic E-state index is 0.0387. The van der Waals surface area contributed by atoms with Crippen LogP contribution in [-0.2, 0) is 0 Å². The Balaban J connectivity index is 2.28. The number of anilines is 1. The first-order chi connectivity index (χ1) is 9.00. The molecule has 98 valence electrons. The van der Waals surface area contributed by atoms with Crippen LogP contribution < -0.4 is 4.90 Å². The molecule has 0 aliphatic carbocycles. The average molecular weight is 260 g/mol. The van der Waals surface area contributed by atoms with Crippen LogP contribution in [0.3, 0.4) is 0 Å². The smallest absolute Gasteiger partial charge is 0.374 e. The van der Waals surface area contributed by atoms with E-state index >= 15 is 0 Å². The number of hydrogen-bond acceptors (Lipinski definition) is 4. The topological polar surface area (TPSA) is 83.6 Å². The lowest BCUT2D eigenvalue weighted by molar-refractivity contribution is 0.0651. The van der Waals surface area contributed by atoms with Crippen LogP contribution in [0.4, 0.5) is 5.69 Å². The summed E-state index contributed by atoms with van der Waals surface area (Å²) in [6, 6.07) is 8.48. The highest BCUT2D eigenvalue weighted by Gasteiger charge is 2.21. The number of carbonyl (C=O) groups excluding carboxylic acids is 1. The third kappa shape index (κ3) is 2.47. The Morgan fingerprint density at radius 3 is 2.58 bits per heavy atom. The molecule has 0 spiro atoms. The van der Waals surface area contributed by atoms with Gasteiger partial charge in [-0.2, -0.15) is 0 Å². The second-order valence-corrected chi connectivity index (χ2v) is 4.03. The van der Waals surface area contributed by atoms with E-state index in [1.165, 1.54) is 4.90 Å². The highest BCUT2D eigenvalue weighted by Crippen LogP contribution is 2.19. The maximum absolute atomic E-state index is 12.1. The van der Waals surface area contributed by atoms with Crippen LogP contribution in [0.1, 0.15) is 26.6 Å². The Morgan fingerprint density at radius 2 is 2.00 bits per heavy atom. The van der Waals surface area contributed by atoms with Crippen molar-refractivity contribution in [2.45, 2.75) is 6.92 Å². The average Bonchev–Trinajstić information content (AvgIpc) is 2.87. The number of hydrogen-bond donors (Lipinski definition) is 1. The molecule has 1 N–H and O–H groups in total. The third-order valence-electron chi connectivity index (χ3n) is 2.72. The quantitative estimate of drug-likeness (QED) is 0.911. The van der Waals surface area contributed by atoms with Gasteiger partial charge in [-0.05, 0) is 18.6 Å². The van der Waals surface area contributed by atoms with Crippen LogP contribution in [0.25, 0.3) is 0 Å². The number of carboxylic acid groups (broad SMARTS) is 1. The normalized spacial score (nSPS) is 10.2. The van der Waals surface area contributed by atoms with Crippen molar-refractivity contribution >= 4 is 17.6 Å². The summed E-state index contributed by atoms with van der Waals surface area (Å²) in [6.07, 6.45) is 0. The number of aryl methyl sites for hydroxylation is 1. The van der Waals surface area contributed by atoms with E-state index < -0.39 is 11.9 Å². The number of para-hydroxylation sites is 1. The van der Waals surface area contributed by atoms with Gasteiger partial charge in [-0.15, -0.1) is 0 Å². The fourth-order valence-corrected chi connectivity index (χ4v) is 1.70. The van der Waals surface area contributed by atoms with E-state index in [2.05, 4.69) is 9.68 Å². The minimum Gasteiger partial charge on any atom is -0.475 e. The summed E-state index contributed by atoms with van der Waals surface area (Å²) < 4.78 is 4.57. The van der Waals surface area contributed by atoms with Crippen molar-refractivity contribution in [2.75, 3.05) is 11.9 Å². The first-order valence-electron chi connectivity index (χ1n) is 5.54. The van der Waals surface area contributed by atoms with Gasteiger partial charge in [0.2, 0.25) is 5.76 Å². The van der Waals surface area contributed by atoms with Gasteiger partial charge in [0.15, 0.2) is 5.69 Å². The molecule has 1 aromatic heterocycles. The molecule has 19 heavy (non-hydrogen) atoms. The zero-order valence-electron chi connectivity index (χ0n) is 10.5. The second-order valence-electron chi connectivity index (χ2n) is 4.03. The van der Waals surface area contributed by atoms with Crippen molar-refractivity contribution in [3.05, 3.63) is 47.3 Å². The molecule has 0 saturated carbocycles. The lowest BCUT2D eigenvalue weighted by atomic mass is 10.2. The van der Waals surface area contributed by atoms with E-state index in [-0.39, 0.29) is 11.5 Å². The van der Waals surface area contributed by atoms with E-state index in [9.17, 15) is 9.59 Å². The fraction of sp³-hybridized carbons (Fsp3) is 0.154. The predicted molar refractivity (Wildman–Crippen MR) is 67.4 cm³/mol. The van der Waals surface area contributed by atoms with Crippen LogP contribution in [0.15, 0.2) is 34.9 Å². The van der Waals surface area contributed by atoms with Crippen LogP contribution in [-0.4, -0.2) is 29.2 Å². The molecule has 0 aliphatic rings. The molecule has 6 nitrogen and oxygen atoms in total. The predicted octanol–water partition coefficient (Wildman–Crippen LogP) is 1.96. The maximum atomic E-state index is 12.1. The molecule has 1 amide bonds. The molecule has 0 saturated heterocycles. The molecule has 0 fully saturated rings. The number of carbonyl (C=O) groups is 2. The molecular formula is C13H12N2O4. The standard InChI is InChI=1S/C13H12N2O4/c1-8-5-3-4-6-10(8)15(2)12(16)9-7-11(13(17)18)19-14-9/h3-7H,1-2H3,(H,17,18). The number of nitrogens with zero attached hydrogens (tertiary/aromatic N) is 2. The largest absolute Gasteiger partial charge is 0.475 e. The lowest BCUT2D eigenvalue weighted by Crippen LogP contribution is -2.27. The van der Waals surface area contributed by atoms with Crippen LogP contribution in [0, 0.1) is 6.92 Å². The molecule has 0 atom stereocenters. The molecule has 2 rings (SSSR count). The Kier molecular flexibility index (Phi) is 3.33. The fourth-order valence-electron chi connectivity index (χ4n) is 1.70.